The van der Waals surface area contributed by atoms with Gasteiger partial charge in [0.25, 0.3) is 0 Å². The van der Waals surface area contributed by atoms with Gasteiger partial charge in [0.15, 0.2) is 0 Å². The van der Waals surface area contributed by atoms with Crippen molar-refractivity contribution in [1.82, 2.24) is 15.5 Å². The van der Waals surface area contributed by atoms with Crippen LogP contribution in [0.4, 0.5) is 9.59 Å². The lowest BCUT2D eigenvalue weighted by atomic mass is 10.1. The second-order valence-corrected chi connectivity index (χ2v) is 3.59. The molecule has 0 unspecified atom stereocenters. The van der Waals surface area contributed by atoms with E-state index in [0.717, 1.165) is 4.90 Å². The third-order valence-electron chi connectivity index (χ3n) is 1.66. The lowest BCUT2D eigenvalue weighted by Gasteiger charge is -2.26. The van der Waals surface area contributed by atoms with Gasteiger partial charge in [0, 0.05) is 14.1 Å². The van der Waals surface area contributed by atoms with E-state index in [1.807, 2.05) is 0 Å². The maximum absolute atomic E-state index is 11.4. The average Bonchev–Trinajstić information content (AvgIpc) is 2.14. The summed E-state index contributed by atoms with van der Waals surface area (Å²) < 4.78 is 0. The van der Waals surface area contributed by atoms with Crippen molar-refractivity contribution in [3.63, 3.8) is 0 Å². The van der Waals surface area contributed by atoms with E-state index in [2.05, 4.69) is 10.6 Å². The molecule has 6 nitrogen and oxygen atoms in total. The molecule has 0 radical (unpaired) electrons. The zero-order chi connectivity index (χ0) is 11.4. The number of urea groups is 2. The standard InChI is InChI=1S/C8H17N3O3/c1-8(2,5-12)10-7(14)11(4)6(13)9-3/h12H,5H2,1-4H3,(H,9,13)(H,10,14). The van der Waals surface area contributed by atoms with Gasteiger partial charge in [0.05, 0.1) is 12.1 Å². The number of amides is 4. The zero-order valence-electron chi connectivity index (χ0n) is 8.92. The normalized spacial score (nSPS) is 10.6. The van der Waals surface area contributed by atoms with Crippen LogP contribution in [0.5, 0.6) is 0 Å². The number of nitrogens with zero attached hydrogens (tertiary/aromatic N) is 1. The van der Waals surface area contributed by atoms with E-state index in [4.69, 9.17) is 5.11 Å². The fourth-order valence-corrected chi connectivity index (χ4v) is 0.673. The van der Waals surface area contributed by atoms with Crippen LogP contribution in [0.1, 0.15) is 13.8 Å². The fourth-order valence-electron chi connectivity index (χ4n) is 0.673. The Labute approximate surface area is 83.3 Å². The highest BCUT2D eigenvalue weighted by atomic mass is 16.3. The number of carbonyl (C=O) groups excluding carboxylic acids is 2. The van der Waals surface area contributed by atoms with E-state index < -0.39 is 17.6 Å². The maximum Gasteiger partial charge on any atom is 0.325 e. The van der Waals surface area contributed by atoms with Crippen LogP contribution in [0.3, 0.4) is 0 Å². The first-order valence-corrected chi connectivity index (χ1v) is 4.22. The fraction of sp³-hybridized carbons (Fsp3) is 0.750. The van der Waals surface area contributed by atoms with Gasteiger partial charge in [0.2, 0.25) is 0 Å². The molecular formula is C8H17N3O3. The first-order valence-electron chi connectivity index (χ1n) is 4.22. The highest BCUT2D eigenvalue weighted by molar-refractivity contribution is 5.93. The van der Waals surface area contributed by atoms with Crippen LogP contribution >= 0.6 is 0 Å². The molecule has 0 aliphatic rings. The Morgan fingerprint density at radius 3 is 2.21 bits per heavy atom. The van der Waals surface area contributed by atoms with Crippen LogP contribution in [-0.4, -0.2) is 48.3 Å². The Morgan fingerprint density at radius 2 is 1.86 bits per heavy atom. The predicted molar refractivity (Wildman–Crippen MR) is 51.9 cm³/mol. The second kappa shape index (κ2) is 4.80. The molecule has 3 N–H and O–H groups in total. The van der Waals surface area contributed by atoms with E-state index >= 15 is 0 Å². The van der Waals surface area contributed by atoms with Crippen molar-refractivity contribution in [2.45, 2.75) is 19.4 Å². The first-order chi connectivity index (χ1) is 6.34. The molecule has 14 heavy (non-hydrogen) atoms. The number of rotatable bonds is 2. The van der Waals surface area contributed by atoms with Crippen LogP contribution in [-0.2, 0) is 0 Å². The summed E-state index contributed by atoms with van der Waals surface area (Å²) in [5.74, 6) is 0. The van der Waals surface area contributed by atoms with Gasteiger partial charge in [-0.15, -0.1) is 0 Å². The van der Waals surface area contributed by atoms with Crippen molar-refractivity contribution in [2.24, 2.45) is 0 Å². The van der Waals surface area contributed by atoms with Crippen molar-refractivity contribution in [3.8, 4) is 0 Å². The van der Waals surface area contributed by atoms with Crippen molar-refractivity contribution in [3.05, 3.63) is 0 Å². The number of nitrogens with one attached hydrogen (secondary N) is 2. The van der Waals surface area contributed by atoms with Gasteiger partial charge in [-0.1, -0.05) is 0 Å². The summed E-state index contributed by atoms with van der Waals surface area (Å²) in [4.78, 5) is 23.3. The van der Waals surface area contributed by atoms with Gasteiger partial charge < -0.3 is 15.7 Å². The highest BCUT2D eigenvalue weighted by Crippen LogP contribution is 2.00. The zero-order valence-corrected chi connectivity index (χ0v) is 8.92. The van der Waals surface area contributed by atoms with Gasteiger partial charge in [-0.25, -0.2) is 14.5 Å². The molecule has 0 rings (SSSR count). The van der Waals surface area contributed by atoms with Gasteiger partial charge in [-0.05, 0) is 13.8 Å². The predicted octanol–water partition coefficient (Wildman–Crippen LogP) is -0.262. The van der Waals surface area contributed by atoms with Gasteiger partial charge in [-0.2, -0.15) is 0 Å². The molecule has 0 aromatic rings. The molecule has 0 fully saturated rings. The molecule has 0 heterocycles. The number of aliphatic hydroxyl groups is 1. The van der Waals surface area contributed by atoms with Crippen molar-refractivity contribution in [1.29, 1.82) is 0 Å². The Morgan fingerprint density at radius 1 is 1.36 bits per heavy atom. The maximum atomic E-state index is 11.4. The monoisotopic (exact) mass is 203 g/mol. The van der Waals surface area contributed by atoms with E-state index in [1.165, 1.54) is 14.1 Å². The molecule has 0 spiro atoms. The summed E-state index contributed by atoms with van der Waals surface area (Å²) in [6.07, 6.45) is 0. The van der Waals surface area contributed by atoms with Gasteiger partial charge in [0.1, 0.15) is 0 Å². The number of hydrogen-bond donors (Lipinski definition) is 3. The second-order valence-electron chi connectivity index (χ2n) is 3.59. The molecule has 4 amide bonds. The van der Waals surface area contributed by atoms with E-state index in [0.29, 0.717) is 0 Å². The van der Waals surface area contributed by atoms with Crippen LogP contribution in [0.15, 0.2) is 0 Å². The molecule has 6 heteroatoms. The Balaban J connectivity index is 4.28. The molecule has 0 aromatic carbocycles. The summed E-state index contributed by atoms with van der Waals surface area (Å²) in [5, 5.41) is 13.7. The SMILES string of the molecule is CNC(=O)N(C)C(=O)NC(C)(C)CO. The number of imide groups is 1. The van der Waals surface area contributed by atoms with Gasteiger partial charge >= 0.3 is 12.1 Å². The van der Waals surface area contributed by atoms with Crippen LogP contribution in [0.2, 0.25) is 0 Å². The van der Waals surface area contributed by atoms with Crippen molar-refractivity contribution >= 4 is 12.1 Å². The molecule has 0 aromatic heterocycles. The minimum atomic E-state index is -0.737. The molecule has 0 saturated carbocycles. The highest BCUT2D eigenvalue weighted by Gasteiger charge is 2.23. The average molecular weight is 203 g/mol. The lowest BCUT2D eigenvalue weighted by Crippen LogP contribution is -2.53. The molecule has 0 aliphatic carbocycles. The lowest BCUT2D eigenvalue weighted by molar-refractivity contribution is 0.164. The Bertz CT molecular complexity index is 228. The summed E-state index contributed by atoms with van der Waals surface area (Å²) in [6.45, 7) is 3.12. The first kappa shape index (κ1) is 12.7. The van der Waals surface area contributed by atoms with Crippen LogP contribution in [0.25, 0.3) is 0 Å². The number of carbonyl (C=O) groups is 2. The molecular weight excluding hydrogens is 186 g/mol. The van der Waals surface area contributed by atoms with E-state index in [-0.39, 0.29) is 6.61 Å². The minimum absolute atomic E-state index is 0.194. The third kappa shape index (κ3) is 3.61. The quantitative estimate of drug-likeness (QED) is 0.578. The number of hydrogen-bond acceptors (Lipinski definition) is 3. The Hall–Kier alpha value is -1.30. The molecule has 0 bridgehead atoms. The van der Waals surface area contributed by atoms with Gasteiger partial charge in [-0.3, -0.25) is 0 Å². The van der Waals surface area contributed by atoms with Crippen LogP contribution in [0, 0.1) is 0 Å². The molecule has 0 atom stereocenters. The minimum Gasteiger partial charge on any atom is -0.394 e. The van der Waals surface area contributed by atoms with Crippen LogP contribution < -0.4 is 10.6 Å². The third-order valence-corrected chi connectivity index (χ3v) is 1.66. The molecule has 0 saturated heterocycles. The summed E-state index contributed by atoms with van der Waals surface area (Å²) >= 11 is 0. The summed E-state index contributed by atoms with van der Waals surface area (Å²) in [7, 11) is 2.78. The summed E-state index contributed by atoms with van der Waals surface area (Å²) in [6, 6.07) is -1.06. The smallest absolute Gasteiger partial charge is 0.325 e. The number of aliphatic hydroxyl groups excluding tert-OH is 1. The molecule has 82 valence electrons. The Kier molecular flexibility index (Phi) is 4.36. The van der Waals surface area contributed by atoms with E-state index in [1.54, 1.807) is 13.8 Å². The molecule has 0 aliphatic heterocycles. The topological polar surface area (TPSA) is 81.7 Å². The van der Waals surface area contributed by atoms with E-state index in [9.17, 15) is 9.59 Å². The largest absolute Gasteiger partial charge is 0.394 e. The summed E-state index contributed by atoms with van der Waals surface area (Å²) in [5.41, 5.74) is -0.737. The van der Waals surface area contributed by atoms with Crippen molar-refractivity contribution < 1.29 is 14.7 Å². The van der Waals surface area contributed by atoms with Crippen molar-refractivity contribution in [2.75, 3.05) is 20.7 Å².